The molecule has 7 heteroatoms. The first-order valence-electron chi connectivity index (χ1n) is 9.41. The number of carbonyl (C=O) groups is 1. The van der Waals surface area contributed by atoms with Crippen LogP contribution in [0.2, 0.25) is 0 Å². The summed E-state index contributed by atoms with van der Waals surface area (Å²) in [7, 11) is 0. The molecule has 25 heavy (non-hydrogen) atoms. The van der Waals surface area contributed by atoms with Crippen molar-refractivity contribution < 1.29 is 9.53 Å². The Morgan fingerprint density at radius 2 is 2.00 bits per heavy atom. The van der Waals surface area contributed by atoms with E-state index in [0.717, 1.165) is 64.2 Å². The van der Waals surface area contributed by atoms with Crippen LogP contribution in [0, 0.1) is 0 Å². The molecule has 7 nitrogen and oxygen atoms in total. The molecule has 0 aliphatic rings. The number of carbonyl (C=O) groups excluding carboxylic acids is 1. The van der Waals surface area contributed by atoms with E-state index in [2.05, 4.69) is 27.6 Å². The quantitative estimate of drug-likeness (QED) is 0.247. The predicted octanol–water partition coefficient (Wildman–Crippen LogP) is 2.34. The summed E-state index contributed by atoms with van der Waals surface area (Å²) >= 11 is 0. The Hall–Kier alpha value is -2.05. The number of hydrogen-bond acceptors (Lipinski definition) is 4. The van der Waals surface area contributed by atoms with Gasteiger partial charge in [0, 0.05) is 45.0 Å². The molecule has 0 aliphatic heterocycles. The number of nitrogens with zero attached hydrogens (tertiary/aromatic N) is 3. The highest BCUT2D eigenvalue weighted by atomic mass is 16.5. The molecule has 2 N–H and O–H groups in total. The number of aliphatic imine (C=N–C) groups is 1. The first-order valence-corrected chi connectivity index (χ1v) is 9.41. The Morgan fingerprint density at radius 3 is 2.72 bits per heavy atom. The van der Waals surface area contributed by atoms with Gasteiger partial charge in [0.2, 0.25) is 0 Å². The van der Waals surface area contributed by atoms with Crippen LogP contribution in [0.15, 0.2) is 23.5 Å². The molecule has 0 unspecified atom stereocenters. The Bertz CT molecular complexity index is 474. The van der Waals surface area contributed by atoms with Crippen LogP contribution in [0.4, 0.5) is 0 Å². The topological polar surface area (TPSA) is 80.5 Å². The number of unbranched alkanes of at least 4 members (excludes halogenated alkanes) is 3. The van der Waals surface area contributed by atoms with Gasteiger partial charge in [-0.25, -0.2) is 0 Å². The van der Waals surface area contributed by atoms with Gasteiger partial charge in [-0.05, 0) is 39.2 Å². The van der Waals surface area contributed by atoms with E-state index in [1.807, 2.05) is 23.9 Å². The number of aryl methyl sites for hydroxylation is 1. The number of nitrogens with one attached hydrogen (secondary N) is 2. The van der Waals surface area contributed by atoms with E-state index in [1.165, 1.54) is 0 Å². The maximum Gasteiger partial charge on any atom is 0.305 e. The van der Waals surface area contributed by atoms with Crippen LogP contribution in [0.1, 0.15) is 52.4 Å². The van der Waals surface area contributed by atoms with Crippen LogP contribution in [0.3, 0.4) is 0 Å². The Morgan fingerprint density at radius 1 is 1.16 bits per heavy atom. The highest BCUT2D eigenvalue weighted by Crippen LogP contribution is 2.03. The number of aromatic nitrogens is 2. The molecule has 0 fully saturated rings. The largest absolute Gasteiger partial charge is 0.466 e. The van der Waals surface area contributed by atoms with Gasteiger partial charge in [0.05, 0.1) is 6.61 Å². The van der Waals surface area contributed by atoms with Crippen molar-refractivity contribution in [2.24, 2.45) is 4.99 Å². The van der Waals surface area contributed by atoms with Crippen molar-refractivity contribution in [3.8, 4) is 0 Å². The van der Waals surface area contributed by atoms with E-state index in [1.54, 1.807) is 6.20 Å². The molecule has 142 valence electrons. The molecule has 0 saturated carbocycles. The average Bonchev–Trinajstić information content (AvgIpc) is 3.11. The van der Waals surface area contributed by atoms with Crippen LogP contribution in [0.5, 0.6) is 0 Å². The van der Waals surface area contributed by atoms with E-state index in [-0.39, 0.29) is 5.97 Å². The molecule has 0 radical (unpaired) electrons. The third kappa shape index (κ3) is 11.2. The third-order valence-corrected chi connectivity index (χ3v) is 3.62. The van der Waals surface area contributed by atoms with Gasteiger partial charge >= 0.3 is 5.97 Å². The van der Waals surface area contributed by atoms with Crippen LogP contribution in [0.25, 0.3) is 0 Å². The SMILES string of the molecule is CCNC(=NCCCn1cccn1)NCCCCCCC(=O)OCC. The lowest BCUT2D eigenvalue weighted by Gasteiger charge is -2.11. The summed E-state index contributed by atoms with van der Waals surface area (Å²) in [6.07, 6.45) is 9.38. The molecule has 1 aromatic rings. The fourth-order valence-corrected chi connectivity index (χ4v) is 2.39. The average molecular weight is 351 g/mol. The van der Waals surface area contributed by atoms with Crippen molar-refractivity contribution in [1.82, 2.24) is 20.4 Å². The number of rotatable bonds is 13. The molecular weight excluding hydrogens is 318 g/mol. The Kier molecular flexibility index (Phi) is 12.0. The molecule has 0 saturated heterocycles. The summed E-state index contributed by atoms with van der Waals surface area (Å²) in [5, 5.41) is 10.8. The van der Waals surface area contributed by atoms with Gasteiger partial charge in [-0.2, -0.15) is 5.10 Å². The Labute approximate surface area is 151 Å². The van der Waals surface area contributed by atoms with Crippen molar-refractivity contribution in [3.05, 3.63) is 18.5 Å². The van der Waals surface area contributed by atoms with E-state index in [0.29, 0.717) is 13.0 Å². The van der Waals surface area contributed by atoms with Crippen molar-refractivity contribution in [2.45, 2.75) is 58.9 Å². The number of guanidine groups is 1. The van der Waals surface area contributed by atoms with Crippen molar-refractivity contribution in [2.75, 3.05) is 26.2 Å². The van der Waals surface area contributed by atoms with Gasteiger partial charge in [-0.15, -0.1) is 0 Å². The number of hydrogen-bond donors (Lipinski definition) is 2. The summed E-state index contributed by atoms with van der Waals surface area (Å²) in [5.74, 6) is 0.784. The number of esters is 1. The third-order valence-electron chi connectivity index (χ3n) is 3.62. The predicted molar refractivity (Wildman–Crippen MR) is 101 cm³/mol. The van der Waals surface area contributed by atoms with Gasteiger partial charge in [-0.3, -0.25) is 14.5 Å². The van der Waals surface area contributed by atoms with Crippen LogP contribution >= 0.6 is 0 Å². The maximum atomic E-state index is 11.2. The van der Waals surface area contributed by atoms with Gasteiger partial charge in [0.15, 0.2) is 5.96 Å². The maximum absolute atomic E-state index is 11.2. The number of ether oxygens (including phenoxy) is 1. The molecule has 0 atom stereocenters. The summed E-state index contributed by atoms with van der Waals surface area (Å²) < 4.78 is 6.84. The molecule has 0 spiro atoms. The van der Waals surface area contributed by atoms with Gasteiger partial charge < -0.3 is 15.4 Å². The lowest BCUT2D eigenvalue weighted by molar-refractivity contribution is -0.143. The zero-order valence-corrected chi connectivity index (χ0v) is 15.7. The van der Waals surface area contributed by atoms with Crippen LogP contribution in [-0.2, 0) is 16.1 Å². The van der Waals surface area contributed by atoms with E-state index in [9.17, 15) is 4.79 Å². The summed E-state index contributed by atoms with van der Waals surface area (Å²) in [6, 6.07) is 1.93. The first kappa shape index (κ1) is 21.0. The molecule has 1 aromatic heterocycles. The summed E-state index contributed by atoms with van der Waals surface area (Å²) in [5.41, 5.74) is 0. The summed E-state index contributed by atoms with van der Waals surface area (Å²) in [4.78, 5) is 15.8. The van der Waals surface area contributed by atoms with E-state index >= 15 is 0 Å². The fraction of sp³-hybridized carbons (Fsp3) is 0.722. The fourth-order valence-electron chi connectivity index (χ4n) is 2.39. The lowest BCUT2D eigenvalue weighted by Crippen LogP contribution is -2.37. The lowest BCUT2D eigenvalue weighted by atomic mass is 10.1. The second-order valence-electron chi connectivity index (χ2n) is 5.78. The van der Waals surface area contributed by atoms with Gasteiger partial charge in [0.25, 0.3) is 0 Å². The minimum atomic E-state index is -0.0858. The molecule has 1 heterocycles. The van der Waals surface area contributed by atoms with Crippen molar-refractivity contribution in [1.29, 1.82) is 0 Å². The second kappa shape index (κ2) is 14.3. The van der Waals surface area contributed by atoms with Crippen LogP contribution < -0.4 is 10.6 Å². The first-order chi connectivity index (χ1) is 12.3. The highest BCUT2D eigenvalue weighted by molar-refractivity contribution is 5.79. The van der Waals surface area contributed by atoms with Gasteiger partial charge in [0.1, 0.15) is 0 Å². The van der Waals surface area contributed by atoms with Crippen LogP contribution in [-0.4, -0.2) is 48.0 Å². The minimum absolute atomic E-state index is 0.0858. The van der Waals surface area contributed by atoms with E-state index < -0.39 is 0 Å². The zero-order chi connectivity index (χ0) is 18.2. The Balaban J connectivity index is 2.07. The van der Waals surface area contributed by atoms with Gasteiger partial charge in [-0.1, -0.05) is 12.8 Å². The second-order valence-corrected chi connectivity index (χ2v) is 5.78. The zero-order valence-electron chi connectivity index (χ0n) is 15.7. The monoisotopic (exact) mass is 351 g/mol. The molecular formula is C18H33N5O2. The van der Waals surface area contributed by atoms with E-state index in [4.69, 9.17) is 4.74 Å². The standard InChI is InChI=1S/C18H33N5O2/c1-3-19-18(21-13-9-15-23-16-10-14-22-23)20-12-8-6-5-7-11-17(24)25-4-2/h10,14,16H,3-9,11-13,15H2,1-2H3,(H2,19,20,21). The molecule has 0 bridgehead atoms. The normalized spacial score (nSPS) is 11.4. The summed E-state index contributed by atoms with van der Waals surface area (Å²) in [6.45, 7) is 7.78. The molecule has 1 rings (SSSR count). The highest BCUT2D eigenvalue weighted by Gasteiger charge is 2.01. The van der Waals surface area contributed by atoms with Crippen molar-refractivity contribution >= 4 is 11.9 Å². The van der Waals surface area contributed by atoms with Crippen molar-refractivity contribution in [3.63, 3.8) is 0 Å². The molecule has 0 aliphatic carbocycles. The molecule has 0 aromatic carbocycles. The minimum Gasteiger partial charge on any atom is -0.466 e. The smallest absolute Gasteiger partial charge is 0.305 e. The molecule has 0 amide bonds.